The van der Waals surface area contributed by atoms with Crippen LogP contribution in [0.5, 0.6) is 5.75 Å². The Morgan fingerprint density at radius 2 is 2.00 bits per heavy atom. The second-order valence-corrected chi connectivity index (χ2v) is 4.27. The number of aromatic nitrogens is 1. The summed E-state index contributed by atoms with van der Waals surface area (Å²) in [6.07, 6.45) is -3.14. The van der Waals surface area contributed by atoms with Crippen molar-refractivity contribution in [3.63, 3.8) is 0 Å². The molecule has 0 bridgehead atoms. The van der Waals surface area contributed by atoms with Crippen LogP contribution in [0.15, 0.2) is 24.3 Å². The molecule has 1 heterocycles. The van der Waals surface area contributed by atoms with Crippen LogP contribution < -0.4 is 4.74 Å². The number of hydrogen-bond acceptors (Lipinski definition) is 2. The van der Waals surface area contributed by atoms with Gasteiger partial charge in [-0.25, -0.2) is 4.98 Å². The number of hydrogen-bond donors (Lipinski definition) is 0. The summed E-state index contributed by atoms with van der Waals surface area (Å²) < 4.78 is 44.4. The monoisotopic (exact) mass is 269 g/mol. The zero-order valence-electron chi connectivity index (χ0n) is 10.7. The summed E-state index contributed by atoms with van der Waals surface area (Å²) in [6, 6.07) is 5.71. The lowest BCUT2D eigenvalue weighted by molar-refractivity contribution is -0.136. The van der Waals surface area contributed by atoms with Crippen molar-refractivity contribution >= 4 is 10.9 Å². The van der Waals surface area contributed by atoms with Crippen molar-refractivity contribution < 1.29 is 17.9 Å². The first-order valence-corrected chi connectivity index (χ1v) is 6.01. The van der Waals surface area contributed by atoms with E-state index in [2.05, 4.69) is 4.98 Å². The maximum Gasteiger partial charge on any atom is 0.417 e. The van der Waals surface area contributed by atoms with Crippen LogP contribution in [0, 0.1) is 0 Å². The molecule has 0 unspecified atom stereocenters. The van der Waals surface area contributed by atoms with Gasteiger partial charge < -0.3 is 4.74 Å². The number of benzene rings is 1. The van der Waals surface area contributed by atoms with Gasteiger partial charge in [0.1, 0.15) is 11.3 Å². The van der Waals surface area contributed by atoms with Gasteiger partial charge in [-0.3, -0.25) is 0 Å². The van der Waals surface area contributed by atoms with Crippen LogP contribution in [0.1, 0.15) is 24.6 Å². The third kappa shape index (κ3) is 2.64. The zero-order chi connectivity index (χ0) is 14.0. The van der Waals surface area contributed by atoms with Crippen LogP contribution in [0.25, 0.3) is 10.9 Å². The van der Waals surface area contributed by atoms with E-state index >= 15 is 0 Å². The molecule has 0 atom stereocenters. The molecular formula is C14H14F3NO. The molecule has 0 N–H and O–H groups in total. The number of methoxy groups -OCH3 is 1. The third-order valence-corrected chi connectivity index (χ3v) is 2.89. The van der Waals surface area contributed by atoms with Gasteiger partial charge in [0, 0.05) is 11.1 Å². The van der Waals surface area contributed by atoms with Crippen LogP contribution in [0.3, 0.4) is 0 Å². The number of pyridine rings is 1. The van der Waals surface area contributed by atoms with Gasteiger partial charge in [0.25, 0.3) is 0 Å². The number of rotatable bonds is 3. The van der Waals surface area contributed by atoms with Gasteiger partial charge in [-0.05, 0) is 18.6 Å². The molecule has 19 heavy (non-hydrogen) atoms. The summed E-state index contributed by atoms with van der Waals surface area (Å²) in [6.45, 7) is 1.90. The van der Waals surface area contributed by atoms with E-state index in [-0.39, 0.29) is 10.9 Å². The quantitative estimate of drug-likeness (QED) is 0.832. The predicted octanol–water partition coefficient (Wildman–Crippen LogP) is 4.21. The molecule has 5 heteroatoms. The van der Waals surface area contributed by atoms with Crippen LogP contribution in [0.4, 0.5) is 13.2 Å². The molecule has 0 amide bonds. The van der Waals surface area contributed by atoms with E-state index < -0.39 is 11.7 Å². The normalized spacial score (nSPS) is 11.8. The summed E-state index contributed by atoms with van der Waals surface area (Å²) in [7, 11) is 1.43. The molecule has 2 nitrogen and oxygen atoms in total. The minimum Gasteiger partial charge on any atom is -0.494 e. The zero-order valence-corrected chi connectivity index (χ0v) is 10.7. The van der Waals surface area contributed by atoms with E-state index in [1.165, 1.54) is 19.2 Å². The van der Waals surface area contributed by atoms with Gasteiger partial charge in [0.2, 0.25) is 0 Å². The molecule has 2 rings (SSSR count). The molecule has 0 aliphatic carbocycles. The van der Waals surface area contributed by atoms with Crippen molar-refractivity contribution in [3.8, 4) is 5.75 Å². The highest BCUT2D eigenvalue weighted by molar-refractivity contribution is 5.88. The lowest BCUT2D eigenvalue weighted by Crippen LogP contribution is -2.08. The SMILES string of the molecule is CCCc1cc(C(F)(F)F)c2cccc(OC)c2n1. The number of halogens is 3. The first kappa shape index (κ1) is 13.6. The van der Waals surface area contributed by atoms with Crippen LogP contribution >= 0.6 is 0 Å². The summed E-state index contributed by atoms with van der Waals surface area (Å²) >= 11 is 0. The van der Waals surface area contributed by atoms with Crippen molar-refractivity contribution in [3.05, 3.63) is 35.5 Å². The predicted molar refractivity (Wildman–Crippen MR) is 67.3 cm³/mol. The Kier molecular flexibility index (Phi) is 3.64. The fraction of sp³-hybridized carbons (Fsp3) is 0.357. The van der Waals surface area contributed by atoms with Gasteiger partial charge in [0.05, 0.1) is 12.7 Å². The topological polar surface area (TPSA) is 22.1 Å². The highest BCUT2D eigenvalue weighted by Crippen LogP contribution is 2.37. The van der Waals surface area contributed by atoms with E-state index in [0.29, 0.717) is 17.9 Å². The average Bonchev–Trinajstić information content (AvgIpc) is 2.36. The maximum absolute atomic E-state index is 13.1. The molecule has 0 radical (unpaired) electrons. The molecule has 1 aromatic carbocycles. The van der Waals surface area contributed by atoms with Gasteiger partial charge in [-0.2, -0.15) is 13.2 Å². The van der Waals surface area contributed by atoms with Crippen molar-refractivity contribution in [2.24, 2.45) is 0 Å². The molecule has 0 saturated heterocycles. The second-order valence-electron chi connectivity index (χ2n) is 4.27. The van der Waals surface area contributed by atoms with Gasteiger partial charge in [-0.15, -0.1) is 0 Å². The highest BCUT2D eigenvalue weighted by atomic mass is 19.4. The van der Waals surface area contributed by atoms with Gasteiger partial charge in [-0.1, -0.05) is 25.5 Å². The van der Waals surface area contributed by atoms with Crippen LogP contribution in [0.2, 0.25) is 0 Å². The first-order chi connectivity index (χ1) is 8.97. The molecule has 102 valence electrons. The van der Waals surface area contributed by atoms with Crippen molar-refractivity contribution in [2.75, 3.05) is 7.11 Å². The molecule has 0 saturated carbocycles. The number of para-hydroxylation sites is 1. The highest BCUT2D eigenvalue weighted by Gasteiger charge is 2.33. The minimum absolute atomic E-state index is 0.0757. The van der Waals surface area contributed by atoms with E-state index in [1.807, 2.05) is 6.92 Å². The number of fused-ring (bicyclic) bond motifs is 1. The number of aryl methyl sites for hydroxylation is 1. The van der Waals surface area contributed by atoms with Crippen LogP contribution in [-0.4, -0.2) is 12.1 Å². The Hall–Kier alpha value is -1.78. The number of nitrogens with zero attached hydrogens (tertiary/aromatic N) is 1. The molecule has 0 fully saturated rings. The van der Waals surface area contributed by atoms with E-state index in [9.17, 15) is 13.2 Å². The Balaban J connectivity index is 2.78. The summed E-state index contributed by atoms with van der Waals surface area (Å²) in [5.74, 6) is 0.362. The molecule has 0 aliphatic heterocycles. The fourth-order valence-electron chi connectivity index (χ4n) is 2.06. The van der Waals surface area contributed by atoms with E-state index in [0.717, 1.165) is 12.5 Å². The fourth-order valence-corrected chi connectivity index (χ4v) is 2.06. The van der Waals surface area contributed by atoms with Crippen molar-refractivity contribution in [1.82, 2.24) is 4.98 Å². The first-order valence-electron chi connectivity index (χ1n) is 6.01. The smallest absolute Gasteiger partial charge is 0.417 e. The Labute approximate surface area is 109 Å². The Morgan fingerprint density at radius 1 is 1.26 bits per heavy atom. The molecular weight excluding hydrogens is 255 g/mol. The third-order valence-electron chi connectivity index (χ3n) is 2.89. The van der Waals surface area contributed by atoms with Crippen molar-refractivity contribution in [2.45, 2.75) is 25.9 Å². The molecule has 0 aliphatic rings. The van der Waals surface area contributed by atoms with E-state index in [4.69, 9.17) is 4.74 Å². The Morgan fingerprint density at radius 3 is 2.58 bits per heavy atom. The van der Waals surface area contributed by atoms with Crippen molar-refractivity contribution in [1.29, 1.82) is 0 Å². The largest absolute Gasteiger partial charge is 0.494 e. The maximum atomic E-state index is 13.1. The molecule has 2 aromatic rings. The Bertz CT molecular complexity index is 593. The van der Waals surface area contributed by atoms with Gasteiger partial charge in [0.15, 0.2) is 0 Å². The number of alkyl halides is 3. The lowest BCUT2D eigenvalue weighted by atomic mass is 10.0. The standard InChI is InChI=1S/C14H14F3NO/c1-3-5-9-8-11(14(15,16)17)10-6-4-7-12(19-2)13(10)18-9/h4,6-8H,3,5H2,1-2H3. The summed E-state index contributed by atoms with van der Waals surface area (Å²) in [5.41, 5.74) is 0.0509. The minimum atomic E-state index is -4.39. The lowest BCUT2D eigenvalue weighted by Gasteiger charge is -2.14. The van der Waals surface area contributed by atoms with E-state index in [1.54, 1.807) is 6.07 Å². The average molecular weight is 269 g/mol. The molecule has 0 spiro atoms. The van der Waals surface area contributed by atoms with Gasteiger partial charge >= 0.3 is 6.18 Å². The summed E-state index contributed by atoms with van der Waals surface area (Å²) in [4.78, 5) is 4.28. The summed E-state index contributed by atoms with van der Waals surface area (Å²) in [5, 5.41) is 0.0757. The molecule has 1 aromatic heterocycles. The van der Waals surface area contributed by atoms with Crippen LogP contribution in [-0.2, 0) is 12.6 Å². The second kappa shape index (κ2) is 5.07. The number of ether oxygens (including phenoxy) is 1.